The fraction of sp³-hybridized carbons (Fsp3) is 0.357. The minimum Gasteiger partial charge on any atom is -0.298 e. The predicted molar refractivity (Wildman–Crippen MR) is 86.4 cm³/mol. The van der Waals surface area contributed by atoms with Crippen molar-refractivity contribution in [1.29, 1.82) is 0 Å². The van der Waals surface area contributed by atoms with Crippen LogP contribution in [0.3, 0.4) is 0 Å². The number of carbonyl (C=O) groups excluding carboxylic acids is 1. The second-order valence-corrected chi connectivity index (χ2v) is 6.74. The number of aromatic amines is 1. The molecular formula is C14H15N5O3S. The van der Waals surface area contributed by atoms with Crippen molar-refractivity contribution < 1.29 is 4.79 Å². The molecule has 9 heteroatoms. The molecular weight excluding hydrogens is 318 g/mol. The highest BCUT2D eigenvalue weighted by molar-refractivity contribution is 7.21. The molecule has 0 bridgehead atoms. The Morgan fingerprint density at radius 2 is 1.87 bits per heavy atom. The standard InChI is InChI=1S/C14H15N5O3S/c1-7-9-10(23-12(7)19-15-5-6-16-19)17-13(22)18(11(9)21)14(3,4)8(2)20/h5-6H,1-4H3,(H,17,22). The Morgan fingerprint density at radius 1 is 1.26 bits per heavy atom. The van der Waals surface area contributed by atoms with Crippen molar-refractivity contribution in [2.45, 2.75) is 33.2 Å². The summed E-state index contributed by atoms with van der Waals surface area (Å²) in [4.78, 5) is 41.6. The first-order chi connectivity index (χ1) is 10.7. The van der Waals surface area contributed by atoms with Crippen LogP contribution in [0.4, 0.5) is 0 Å². The molecule has 0 amide bonds. The molecule has 3 rings (SSSR count). The Labute approximate surface area is 134 Å². The molecule has 3 aromatic rings. The number of aromatic nitrogens is 5. The number of aryl methyl sites for hydroxylation is 1. The first-order valence-electron chi connectivity index (χ1n) is 6.91. The molecule has 0 aliphatic carbocycles. The molecule has 0 aliphatic heterocycles. The zero-order valence-electron chi connectivity index (χ0n) is 13.1. The van der Waals surface area contributed by atoms with Gasteiger partial charge in [0.15, 0.2) is 5.78 Å². The monoisotopic (exact) mass is 333 g/mol. The molecule has 0 spiro atoms. The van der Waals surface area contributed by atoms with Gasteiger partial charge in [-0.05, 0) is 27.7 Å². The van der Waals surface area contributed by atoms with Gasteiger partial charge in [0.25, 0.3) is 5.56 Å². The zero-order valence-corrected chi connectivity index (χ0v) is 13.9. The molecule has 1 N–H and O–H groups in total. The van der Waals surface area contributed by atoms with Gasteiger partial charge in [-0.1, -0.05) is 11.3 Å². The van der Waals surface area contributed by atoms with Crippen molar-refractivity contribution in [2.24, 2.45) is 0 Å². The van der Waals surface area contributed by atoms with Gasteiger partial charge in [-0.2, -0.15) is 10.2 Å². The average molecular weight is 333 g/mol. The highest BCUT2D eigenvalue weighted by atomic mass is 32.1. The van der Waals surface area contributed by atoms with Crippen LogP contribution in [0, 0.1) is 6.92 Å². The van der Waals surface area contributed by atoms with Crippen molar-refractivity contribution in [3.05, 3.63) is 38.8 Å². The van der Waals surface area contributed by atoms with Gasteiger partial charge >= 0.3 is 5.69 Å². The van der Waals surface area contributed by atoms with Crippen LogP contribution >= 0.6 is 11.3 Å². The zero-order chi connectivity index (χ0) is 16.9. The van der Waals surface area contributed by atoms with E-state index in [0.29, 0.717) is 20.8 Å². The van der Waals surface area contributed by atoms with Crippen LogP contribution in [0.5, 0.6) is 0 Å². The lowest BCUT2D eigenvalue weighted by molar-refractivity contribution is -0.124. The number of H-pyrrole nitrogens is 1. The Morgan fingerprint density at radius 3 is 2.43 bits per heavy atom. The smallest absolute Gasteiger partial charge is 0.298 e. The van der Waals surface area contributed by atoms with E-state index >= 15 is 0 Å². The average Bonchev–Trinajstić information content (AvgIpc) is 3.06. The number of thiophene rings is 1. The maximum atomic E-state index is 12.9. The largest absolute Gasteiger partial charge is 0.330 e. The molecule has 0 fully saturated rings. The molecule has 120 valence electrons. The summed E-state index contributed by atoms with van der Waals surface area (Å²) in [6, 6.07) is 0. The normalized spacial score (nSPS) is 12.0. The molecule has 0 atom stereocenters. The lowest BCUT2D eigenvalue weighted by Gasteiger charge is -2.23. The maximum absolute atomic E-state index is 12.9. The van der Waals surface area contributed by atoms with Crippen LogP contribution in [-0.2, 0) is 10.3 Å². The molecule has 0 unspecified atom stereocenters. The third kappa shape index (κ3) is 2.15. The first-order valence-corrected chi connectivity index (χ1v) is 7.73. The van der Waals surface area contributed by atoms with Gasteiger partial charge in [-0.15, -0.1) is 4.80 Å². The summed E-state index contributed by atoms with van der Waals surface area (Å²) in [6.45, 7) is 6.23. The van der Waals surface area contributed by atoms with Crippen LogP contribution in [0.1, 0.15) is 26.3 Å². The Balaban J connectivity index is 2.41. The third-order valence-electron chi connectivity index (χ3n) is 3.98. The Kier molecular flexibility index (Phi) is 3.33. The van der Waals surface area contributed by atoms with Crippen molar-refractivity contribution in [3.8, 4) is 5.00 Å². The summed E-state index contributed by atoms with van der Waals surface area (Å²) in [5.74, 6) is -0.272. The molecule has 23 heavy (non-hydrogen) atoms. The van der Waals surface area contributed by atoms with Crippen LogP contribution in [-0.4, -0.2) is 30.3 Å². The number of hydrogen-bond acceptors (Lipinski definition) is 6. The number of ketones is 1. The maximum Gasteiger partial charge on any atom is 0.330 e. The fourth-order valence-corrected chi connectivity index (χ4v) is 3.49. The van der Waals surface area contributed by atoms with E-state index in [0.717, 1.165) is 4.57 Å². The third-order valence-corrected chi connectivity index (χ3v) is 5.16. The van der Waals surface area contributed by atoms with Crippen LogP contribution in [0.15, 0.2) is 22.0 Å². The molecule has 0 aromatic carbocycles. The number of nitrogens with zero attached hydrogens (tertiary/aromatic N) is 4. The number of carbonyl (C=O) groups is 1. The molecule has 0 saturated carbocycles. The number of nitrogens with one attached hydrogen (secondary N) is 1. The highest BCUT2D eigenvalue weighted by Gasteiger charge is 2.31. The van der Waals surface area contributed by atoms with Crippen LogP contribution in [0.2, 0.25) is 0 Å². The van der Waals surface area contributed by atoms with Crippen LogP contribution in [0.25, 0.3) is 15.2 Å². The molecule has 0 radical (unpaired) electrons. The molecule has 8 nitrogen and oxygen atoms in total. The van der Waals surface area contributed by atoms with Gasteiger partial charge in [0, 0.05) is 5.56 Å². The highest BCUT2D eigenvalue weighted by Crippen LogP contribution is 2.29. The van der Waals surface area contributed by atoms with E-state index in [1.54, 1.807) is 20.8 Å². The summed E-state index contributed by atoms with van der Waals surface area (Å²) in [7, 11) is 0. The molecule has 0 saturated heterocycles. The summed E-state index contributed by atoms with van der Waals surface area (Å²) < 4.78 is 0.970. The van der Waals surface area contributed by atoms with E-state index in [1.807, 2.05) is 0 Å². The van der Waals surface area contributed by atoms with E-state index in [1.165, 1.54) is 35.5 Å². The fourth-order valence-electron chi connectivity index (χ4n) is 2.38. The molecule has 0 aliphatic rings. The number of Topliss-reactive ketones (excluding diaryl/α,β-unsaturated/α-hetero) is 1. The first kappa shape index (κ1) is 15.3. The van der Waals surface area contributed by atoms with E-state index < -0.39 is 16.8 Å². The van der Waals surface area contributed by atoms with E-state index in [9.17, 15) is 14.4 Å². The van der Waals surface area contributed by atoms with Gasteiger partial charge in [0.1, 0.15) is 15.4 Å². The lowest BCUT2D eigenvalue weighted by Crippen LogP contribution is -2.49. The minimum absolute atomic E-state index is 0.272. The van der Waals surface area contributed by atoms with Gasteiger partial charge in [0.2, 0.25) is 0 Å². The quantitative estimate of drug-likeness (QED) is 0.769. The van der Waals surface area contributed by atoms with Gasteiger partial charge in [-0.3, -0.25) is 14.6 Å². The summed E-state index contributed by atoms with van der Waals surface area (Å²) in [5, 5.41) is 9.13. The SMILES string of the molecule is CC(=O)C(C)(C)n1c(=O)[nH]c2sc(-n3nccn3)c(C)c2c1=O. The minimum atomic E-state index is -1.22. The molecule has 3 heterocycles. The van der Waals surface area contributed by atoms with Crippen molar-refractivity contribution in [1.82, 2.24) is 24.5 Å². The Hall–Kier alpha value is -2.55. The molecule has 3 aromatic heterocycles. The van der Waals surface area contributed by atoms with Crippen molar-refractivity contribution in [3.63, 3.8) is 0 Å². The summed E-state index contributed by atoms with van der Waals surface area (Å²) >= 11 is 1.22. The summed E-state index contributed by atoms with van der Waals surface area (Å²) in [5.41, 5.74) is -1.66. The van der Waals surface area contributed by atoms with E-state index in [4.69, 9.17) is 0 Å². The van der Waals surface area contributed by atoms with Crippen LogP contribution < -0.4 is 11.2 Å². The van der Waals surface area contributed by atoms with Crippen molar-refractivity contribution >= 4 is 27.3 Å². The second kappa shape index (κ2) is 4.98. The summed E-state index contributed by atoms with van der Waals surface area (Å²) in [6.07, 6.45) is 3.06. The van der Waals surface area contributed by atoms with E-state index in [-0.39, 0.29) is 5.78 Å². The predicted octanol–water partition coefficient (Wildman–Crippen LogP) is 0.965. The number of fused-ring (bicyclic) bond motifs is 1. The lowest BCUT2D eigenvalue weighted by atomic mass is 10.00. The second-order valence-electron chi connectivity index (χ2n) is 5.74. The Bertz CT molecular complexity index is 1020. The van der Waals surface area contributed by atoms with Gasteiger partial charge < -0.3 is 0 Å². The van der Waals surface area contributed by atoms with Gasteiger partial charge in [-0.25, -0.2) is 9.36 Å². The number of rotatable bonds is 3. The number of hydrogen-bond donors (Lipinski definition) is 1. The topological polar surface area (TPSA) is 103 Å². The van der Waals surface area contributed by atoms with Gasteiger partial charge in [0.05, 0.1) is 17.8 Å². The van der Waals surface area contributed by atoms with E-state index in [2.05, 4.69) is 15.2 Å². The van der Waals surface area contributed by atoms with Crippen molar-refractivity contribution in [2.75, 3.05) is 0 Å².